The van der Waals surface area contributed by atoms with Crippen LogP contribution in [-0.2, 0) is 6.61 Å². The van der Waals surface area contributed by atoms with Gasteiger partial charge in [-0.05, 0) is 55.0 Å². The number of aromatic nitrogens is 1. The van der Waals surface area contributed by atoms with E-state index in [9.17, 15) is 4.79 Å². The topological polar surface area (TPSA) is 76.4 Å². The minimum atomic E-state index is -0.120. The molecule has 2 N–H and O–H groups in total. The van der Waals surface area contributed by atoms with Crippen molar-refractivity contribution in [3.63, 3.8) is 0 Å². The molecule has 0 aliphatic rings. The fourth-order valence-corrected chi connectivity index (χ4v) is 2.34. The van der Waals surface area contributed by atoms with Crippen LogP contribution >= 0.6 is 28.3 Å². The van der Waals surface area contributed by atoms with Crippen LogP contribution in [0.5, 0.6) is 5.75 Å². The third kappa shape index (κ3) is 5.81. The number of amides is 1. The van der Waals surface area contributed by atoms with Gasteiger partial charge in [-0.2, -0.15) is 0 Å². The summed E-state index contributed by atoms with van der Waals surface area (Å²) < 4.78 is 11.5. The third-order valence-corrected chi connectivity index (χ3v) is 3.92. The van der Waals surface area contributed by atoms with Gasteiger partial charge in [0, 0.05) is 24.2 Å². The molecule has 1 amide bonds. The second-order valence-corrected chi connectivity index (χ2v) is 6.12. The molecule has 0 fully saturated rings. The minimum Gasteiger partial charge on any atom is -0.484 e. The summed E-state index contributed by atoms with van der Waals surface area (Å²) in [5, 5.41) is 9.74. The monoisotopic (exact) mass is 417 g/mol. The zero-order chi connectivity index (χ0) is 16.8. The Bertz CT molecular complexity index is 678. The molecule has 1 aromatic heterocycles. The first-order valence-electron chi connectivity index (χ1n) is 7.29. The Hall–Kier alpha value is -1.57. The first-order chi connectivity index (χ1) is 11.0. The summed E-state index contributed by atoms with van der Waals surface area (Å²) in [7, 11) is 1.86. The van der Waals surface area contributed by atoms with E-state index < -0.39 is 0 Å². The third-order valence-electron chi connectivity index (χ3n) is 3.30. The molecule has 132 valence electrons. The molecule has 0 aliphatic carbocycles. The van der Waals surface area contributed by atoms with Crippen LogP contribution in [0.3, 0.4) is 0 Å². The molecule has 6 nitrogen and oxygen atoms in total. The van der Waals surface area contributed by atoms with Gasteiger partial charge in [-0.15, -0.1) is 12.4 Å². The quantitative estimate of drug-likeness (QED) is 0.722. The van der Waals surface area contributed by atoms with Crippen molar-refractivity contribution in [1.82, 2.24) is 15.8 Å². The van der Waals surface area contributed by atoms with E-state index in [0.29, 0.717) is 28.1 Å². The van der Waals surface area contributed by atoms with Crippen molar-refractivity contribution in [2.24, 2.45) is 0 Å². The number of hydrogen-bond donors (Lipinski definition) is 2. The molecule has 0 radical (unpaired) electrons. The number of hydrogen-bond acceptors (Lipinski definition) is 5. The highest BCUT2D eigenvalue weighted by Gasteiger charge is 2.11. The highest BCUT2D eigenvalue weighted by atomic mass is 79.9. The van der Waals surface area contributed by atoms with E-state index in [0.717, 1.165) is 5.69 Å². The van der Waals surface area contributed by atoms with E-state index in [1.54, 1.807) is 18.2 Å². The number of likely N-dealkylation sites (N-methyl/N-ethyl adjacent to an activating group) is 1. The van der Waals surface area contributed by atoms with Crippen LogP contribution in [0.4, 0.5) is 0 Å². The normalized spacial score (nSPS) is 11.5. The Morgan fingerprint density at radius 3 is 2.75 bits per heavy atom. The number of rotatable bonds is 7. The highest BCUT2D eigenvalue weighted by Crippen LogP contribution is 2.27. The summed E-state index contributed by atoms with van der Waals surface area (Å²) in [6, 6.07) is 7.25. The average Bonchev–Trinajstić information content (AvgIpc) is 2.96. The van der Waals surface area contributed by atoms with Crippen molar-refractivity contribution in [1.29, 1.82) is 0 Å². The smallest absolute Gasteiger partial charge is 0.251 e. The molecular weight excluding hydrogens is 398 g/mol. The van der Waals surface area contributed by atoms with E-state index in [1.807, 2.05) is 27.0 Å². The van der Waals surface area contributed by atoms with Crippen LogP contribution < -0.4 is 15.4 Å². The first kappa shape index (κ1) is 20.5. The molecule has 0 bridgehead atoms. The second-order valence-electron chi connectivity index (χ2n) is 5.27. The van der Waals surface area contributed by atoms with Gasteiger partial charge < -0.3 is 19.9 Å². The fourth-order valence-electron chi connectivity index (χ4n) is 1.84. The number of aryl methyl sites for hydroxylation is 1. The lowest BCUT2D eigenvalue weighted by Crippen LogP contribution is -2.37. The largest absolute Gasteiger partial charge is 0.484 e. The Balaban J connectivity index is 0.00000288. The Morgan fingerprint density at radius 1 is 1.42 bits per heavy atom. The van der Waals surface area contributed by atoms with Gasteiger partial charge in [-0.1, -0.05) is 5.16 Å². The Labute approximate surface area is 155 Å². The Morgan fingerprint density at radius 2 is 2.17 bits per heavy atom. The number of halogens is 2. The van der Waals surface area contributed by atoms with Crippen LogP contribution in [0.15, 0.2) is 33.3 Å². The molecule has 0 aliphatic heterocycles. The molecule has 1 atom stereocenters. The van der Waals surface area contributed by atoms with Crippen molar-refractivity contribution in [2.75, 3.05) is 13.6 Å². The number of benzene rings is 1. The zero-order valence-corrected chi connectivity index (χ0v) is 16.2. The fraction of sp³-hybridized carbons (Fsp3) is 0.375. The molecule has 1 unspecified atom stereocenters. The van der Waals surface area contributed by atoms with Crippen LogP contribution in [0.1, 0.15) is 28.7 Å². The number of carbonyl (C=O) groups excluding carboxylic acids is 1. The van der Waals surface area contributed by atoms with E-state index in [2.05, 4.69) is 31.7 Å². The maximum atomic E-state index is 12.1. The molecule has 1 heterocycles. The van der Waals surface area contributed by atoms with Crippen LogP contribution in [-0.4, -0.2) is 30.7 Å². The summed E-state index contributed by atoms with van der Waals surface area (Å²) in [5.41, 5.74) is 1.38. The standard InChI is InChI=1S/C16H20BrN3O3.ClH/c1-10-6-13(23-20-10)9-22-15-5-4-12(7-14(15)17)16(21)19-8-11(2)18-3;/h4-7,11,18H,8-9H2,1-3H3,(H,19,21);1H. The molecule has 2 aromatic rings. The lowest BCUT2D eigenvalue weighted by Gasteiger charge is -2.12. The van der Waals surface area contributed by atoms with Crippen molar-refractivity contribution in [2.45, 2.75) is 26.5 Å². The van der Waals surface area contributed by atoms with Crippen molar-refractivity contribution in [3.8, 4) is 5.75 Å². The van der Waals surface area contributed by atoms with Crippen molar-refractivity contribution < 1.29 is 14.1 Å². The van der Waals surface area contributed by atoms with Gasteiger partial charge in [-0.25, -0.2) is 0 Å². The number of nitrogens with one attached hydrogen (secondary N) is 2. The minimum absolute atomic E-state index is 0. The Kier molecular flexibility index (Phi) is 8.24. The van der Waals surface area contributed by atoms with Gasteiger partial charge in [0.15, 0.2) is 5.76 Å². The van der Waals surface area contributed by atoms with E-state index in [-0.39, 0.29) is 31.0 Å². The SMILES string of the molecule is CNC(C)CNC(=O)c1ccc(OCc2cc(C)no2)c(Br)c1.Cl. The zero-order valence-electron chi connectivity index (χ0n) is 13.8. The summed E-state index contributed by atoms with van der Waals surface area (Å²) in [6.07, 6.45) is 0. The first-order valence-corrected chi connectivity index (χ1v) is 8.09. The predicted molar refractivity (Wildman–Crippen MR) is 97.8 cm³/mol. The molecule has 2 rings (SSSR count). The van der Waals surface area contributed by atoms with Gasteiger partial charge in [0.25, 0.3) is 5.91 Å². The number of carbonyl (C=O) groups is 1. The van der Waals surface area contributed by atoms with Gasteiger partial charge in [0.2, 0.25) is 0 Å². The molecular formula is C16H21BrClN3O3. The predicted octanol–water partition coefficient (Wildman–Crippen LogP) is 3.08. The summed E-state index contributed by atoms with van der Waals surface area (Å²) >= 11 is 3.42. The number of nitrogens with zero attached hydrogens (tertiary/aromatic N) is 1. The van der Waals surface area contributed by atoms with Crippen LogP contribution in [0.2, 0.25) is 0 Å². The summed E-state index contributed by atoms with van der Waals surface area (Å²) in [5.74, 6) is 1.17. The van der Waals surface area contributed by atoms with E-state index in [1.165, 1.54) is 0 Å². The van der Waals surface area contributed by atoms with Gasteiger partial charge in [0.1, 0.15) is 12.4 Å². The van der Waals surface area contributed by atoms with E-state index in [4.69, 9.17) is 9.26 Å². The summed E-state index contributed by atoms with van der Waals surface area (Å²) in [4.78, 5) is 12.1. The van der Waals surface area contributed by atoms with Crippen molar-refractivity contribution in [3.05, 3.63) is 45.8 Å². The highest BCUT2D eigenvalue weighted by molar-refractivity contribution is 9.10. The second kappa shape index (κ2) is 9.66. The lowest BCUT2D eigenvalue weighted by atomic mass is 10.2. The van der Waals surface area contributed by atoms with Crippen LogP contribution in [0.25, 0.3) is 0 Å². The molecule has 0 saturated heterocycles. The molecule has 0 saturated carbocycles. The molecule has 1 aromatic carbocycles. The number of ether oxygens (including phenoxy) is 1. The van der Waals surface area contributed by atoms with Gasteiger partial charge >= 0.3 is 0 Å². The van der Waals surface area contributed by atoms with Crippen molar-refractivity contribution >= 4 is 34.2 Å². The van der Waals surface area contributed by atoms with Gasteiger partial charge in [-0.3, -0.25) is 4.79 Å². The van der Waals surface area contributed by atoms with E-state index >= 15 is 0 Å². The molecule has 0 spiro atoms. The lowest BCUT2D eigenvalue weighted by molar-refractivity contribution is 0.0950. The average molecular weight is 419 g/mol. The molecule has 24 heavy (non-hydrogen) atoms. The maximum Gasteiger partial charge on any atom is 0.251 e. The van der Waals surface area contributed by atoms with Crippen LogP contribution in [0, 0.1) is 6.92 Å². The molecule has 8 heteroatoms. The summed E-state index contributed by atoms with van der Waals surface area (Å²) in [6.45, 7) is 4.70. The maximum absolute atomic E-state index is 12.1. The van der Waals surface area contributed by atoms with Gasteiger partial charge in [0.05, 0.1) is 10.2 Å².